The normalized spacial score (nSPS) is 16.1. The molecule has 0 radical (unpaired) electrons. The van der Waals surface area contributed by atoms with E-state index in [1.807, 2.05) is 19.9 Å². The van der Waals surface area contributed by atoms with E-state index in [0.29, 0.717) is 22.9 Å². The zero-order chi connectivity index (χ0) is 18.0. The molecule has 0 aliphatic carbocycles. The molecule has 0 aromatic heterocycles. The second kappa shape index (κ2) is 6.86. The van der Waals surface area contributed by atoms with Crippen LogP contribution in [0.4, 0.5) is 5.69 Å². The van der Waals surface area contributed by atoms with Gasteiger partial charge in [-0.1, -0.05) is 35.9 Å². The summed E-state index contributed by atoms with van der Waals surface area (Å²) >= 11 is 6.31. The highest BCUT2D eigenvalue weighted by Gasteiger charge is 2.40. The van der Waals surface area contributed by atoms with Crippen molar-refractivity contribution < 1.29 is 14.4 Å². The van der Waals surface area contributed by atoms with Crippen LogP contribution in [0.25, 0.3) is 0 Å². The molecule has 2 aromatic carbocycles. The van der Waals surface area contributed by atoms with Crippen LogP contribution in [0.2, 0.25) is 5.02 Å². The van der Waals surface area contributed by atoms with Gasteiger partial charge >= 0.3 is 0 Å². The second-order valence-electron chi connectivity index (χ2n) is 6.63. The van der Waals surface area contributed by atoms with Crippen LogP contribution in [0, 0.1) is 5.41 Å². The van der Waals surface area contributed by atoms with Gasteiger partial charge in [0.1, 0.15) is 0 Å². The largest absolute Gasteiger partial charge is 0.322 e. The van der Waals surface area contributed by atoms with Gasteiger partial charge in [0, 0.05) is 16.3 Å². The van der Waals surface area contributed by atoms with Crippen LogP contribution in [0.15, 0.2) is 48.5 Å². The minimum absolute atomic E-state index is 0.0648. The van der Waals surface area contributed by atoms with Crippen molar-refractivity contribution in [3.63, 3.8) is 0 Å². The molecular weight excluding hydrogens is 340 g/mol. The summed E-state index contributed by atoms with van der Waals surface area (Å²) in [6.45, 7) is 4.32. The molecule has 5 nitrogen and oxygen atoms in total. The topological polar surface area (TPSA) is 58.6 Å². The minimum atomic E-state index is -0.518. The van der Waals surface area contributed by atoms with E-state index in [0.717, 1.165) is 5.56 Å². The van der Waals surface area contributed by atoms with Crippen molar-refractivity contribution in [2.24, 2.45) is 5.41 Å². The van der Waals surface area contributed by atoms with Crippen LogP contribution in [0.3, 0.4) is 0 Å². The maximum atomic E-state index is 12.2. The minimum Gasteiger partial charge on any atom is -0.322 e. The molecule has 0 atom stereocenters. The van der Waals surface area contributed by atoms with Crippen LogP contribution < -0.4 is 5.32 Å². The number of benzene rings is 2. The van der Waals surface area contributed by atoms with Crippen molar-refractivity contribution >= 4 is 29.1 Å². The Labute approximate surface area is 151 Å². The summed E-state index contributed by atoms with van der Waals surface area (Å²) in [5.41, 5.74) is 1.40. The molecule has 1 N–H and O–H groups in total. The molecule has 1 aliphatic rings. The molecule has 1 fully saturated rings. The van der Waals surface area contributed by atoms with Gasteiger partial charge in [0.25, 0.3) is 11.8 Å². The number of nitrogens with one attached hydrogen (secondary N) is 1. The van der Waals surface area contributed by atoms with Gasteiger partial charge in [0.2, 0.25) is 0 Å². The summed E-state index contributed by atoms with van der Waals surface area (Å²) in [6, 6.07) is 14.2. The summed E-state index contributed by atoms with van der Waals surface area (Å²) in [5.74, 6) is -0.269. The molecule has 1 aliphatic heterocycles. The predicted octanol–water partition coefficient (Wildman–Crippen LogP) is 3.89. The first kappa shape index (κ1) is 17.5. The van der Waals surface area contributed by atoms with Crippen LogP contribution in [-0.2, 0) is 16.2 Å². The van der Waals surface area contributed by atoms with E-state index in [4.69, 9.17) is 16.4 Å². The van der Waals surface area contributed by atoms with Crippen molar-refractivity contribution in [1.29, 1.82) is 0 Å². The highest BCUT2D eigenvalue weighted by molar-refractivity contribution is 6.31. The lowest BCUT2D eigenvalue weighted by atomic mass is 9.95. The van der Waals surface area contributed by atoms with Gasteiger partial charge < -0.3 is 5.32 Å². The Morgan fingerprint density at radius 2 is 1.96 bits per heavy atom. The third-order valence-corrected chi connectivity index (χ3v) is 4.40. The summed E-state index contributed by atoms with van der Waals surface area (Å²) in [5, 5.41) is 4.61. The molecule has 3 rings (SSSR count). The second-order valence-corrected chi connectivity index (χ2v) is 7.03. The van der Waals surface area contributed by atoms with Crippen LogP contribution in [0.5, 0.6) is 0 Å². The molecule has 130 valence electrons. The zero-order valence-corrected chi connectivity index (χ0v) is 14.8. The average Bonchev–Trinajstić information content (AvgIpc) is 2.85. The lowest BCUT2D eigenvalue weighted by molar-refractivity contribution is -0.165. The van der Waals surface area contributed by atoms with Crippen molar-refractivity contribution in [3.05, 3.63) is 64.7 Å². The Morgan fingerprint density at radius 1 is 1.24 bits per heavy atom. The molecule has 0 spiro atoms. The standard InChI is InChI=1S/C19H19ClN2O3/c1-19(2)12-25-22(18(19)24)11-14-8-9-15(10-16(14)20)21-17(23)13-6-4-3-5-7-13/h3-10H,11-12H2,1-2H3,(H,21,23). The highest BCUT2D eigenvalue weighted by atomic mass is 35.5. The first-order valence-electron chi connectivity index (χ1n) is 7.96. The fourth-order valence-electron chi connectivity index (χ4n) is 2.52. The Bertz CT molecular complexity index is 806. The molecule has 6 heteroatoms. The van der Waals surface area contributed by atoms with Crippen LogP contribution >= 0.6 is 11.6 Å². The van der Waals surface area contributed by atoms with Gasteiger partial charge in [-0.15, -0.1) is 0 Å². The van der Waals surface area contributed by atoms with Gasteiger partial charge in [0.15, 0.2) is 0 Å². The van der Waals surface area contributed by atoms with Gasteiger partial charge in [-0.3, -0.25) is 14.4 Å². The van der Waals surface area contributed by atoms with E-state index in [1.54, 1.807) is 42.5 Å². The van der Waals surface area contributed by atoms with E-state index in [-0.39, 0.29) is 18.4 Å². The summed E-state index contributed by atoms with van der Waals surface area (Å²) in [7, 11) is 0. The number of halogens is 1. The number of carbonyl (C=O) groups excluding carboxylic acids is 2. The van der Waals surface area contributed by atoms with Gasteiger partial charge in [-0.25, -0.2) is 5.06 Å². The Kier molecular flexibility index (Phi) is 4.79. The molecule has 1 heterocycles. The van der Waals surface area contributed by atoms with E-state index < -0.39 is 5.41 Å². The van der Waals surface area contributed by atoms with Gasteiger partial charge in [-0.05, 0) is 43.7 Å². The molecule has 0 saturated carbocycles. The van der Waals surface area contributed by atoms with Crippen LogP contribution in [0.1, 0.15) is 29.8 Å². The monoisotopic (exact) mass is 358 g/mol. The van der Waals surface area contributed by atoms with Crippen molar-refractivity contribution in [2.45, 2.75) is 20.4 Å². The number of hydrogen-bond donors (Lipinski definition) is 1. The highest BCUT2D eigenvalue weighted by Crippen LogP contribution is 2.30. The molecular formula is C19H19ClN2O3. The number of hydroxylamine groups is 2. The van der Waals surface area contributed by atoms with Gasteiger partial charge in [0.05, 0.1) is 18.6 Å². The van der Waals surface area contributed by atoms with E-state index in [9.17, 15) is 9.59 Å². The third-order valence-electron chi connectivity index (χ3n) is 4.05. The average molecular weight is 359 g/mol. The first-order valence-corrected chi connectivity index (χ1v) is 8.34. The summed E-state index contributed by atoms with van der Waals surface area (Å²) < 4.78 is 0. The Hall–Kier alpha value is -2.37. The summed E-state index contributed by atoms with van der Waals surface area (Å²) in [6.07, 6.45) is 0. The smallest absolute Gasteiger partial charge is 0.255 e. The number of hydrogen-bond acceptors (Lipinski definition) is 3. The third kappa shape index (κ3) is 3.83. The zero-order valence-electron chi connectivity index (χ0n) is 14.1. The van der Waals surface area contributed by atoms with E-state index >= 15 is 0 Å². The molecule has 2 aromatic rings. The van der Waals surface area contributed by atoms with Gasteiger partial charge in [-0.2, -0.15) is 0 Å². The number of carbonyl (C=O) groups is 2. The fourth-order valence-corrected chi connectivity index (χ4v) is 2.76. The summed E-state index contributed by atoms with van der Waals surface area (Å²) in [4.78, 5) is 29.8. The SMILES string of the molecule is CC1(C)CON(Cc2ccc(NC(=O)c3ccccc3)cc2Cl)C1=O. The molecule has 1 saturated heterocycles. The number of amides is 2. The van der Waals surface area contributed by atoms with Crippen molar-refractivity contribution in [2.75, 3.05) is 11.9 Å². The van der Waals surface area contributed by atoms with E-state index in [1.165, 1.54) is 5.06 Å². The maximum Gasteiger partial charge on any atom is 0.255 e. The predicted molar refractivity (Wildman–Crippen MR) is 96.1 cm³/mol. The lowest BCUT2D eigenvalue weighted by Crippen LogP contribution is -2.30. The van der Waals surface area contributed by atoms with Crippen molar-refractivity contribution in [3.8, 4) is 0 Å². The molecule has 0 unspecified atom stereocenters. The van der Waals surface area contributed by atoms with Crippen molar-refractivity contribution in [1.82, 2.24) is 5.06 Å². The van der Waals surface area contributed by atoms with Crippen LogP contribution in [-0.4, -0.2) is 23.5 Å². The first-order chi connectivity index (χ1) is 11.9. The van der Waals surface area contributed by atoms with E-state index in [2.05, 4.69) is 5.32 Å². The fraction of sp³-hybridized carbons (Fsp3) is 0.263. The number of anilines is 1. The lowest BCUT2D eigenvalue weighted by Gasteiger charge is -2.17. The molecule has 2 amide bonds. The Morgan fingerprint density at radius 3 is 2.56 bits per heavy atom. The number of rotatable bonds is 4. The molecule has 25 heavy (non-hydrogen) atoms. The number of nitrogens with zero attached hydrogens (tertiary/aromatic N) is 1. The maximum absolute atomic E-state index is 12.2. The Balaban J connectivity index is 1.69. The molecule has 0 bridgehead atoms. The quantitative estimate of drug-likeness (QED) is 0.901.